The van der Waals surface area contributed by atoms with Crippen molar-refractivity contribution >= 4 is 0 Å². The monoisotopic (exact) mass is 410 g/mol. The summed E-state index contributed by atoms with van der Waals surface area (Å²) in [4.78, 5) is 0. The molecular formula is C30H50. The molecule has 0 nitrogen and oxygen atoms in total. The van der Waals surface area contributed by atoms with E-state index >= 15 is 0 Å². The molecule has 6 saturated carbocycles. The molecular weight excluding hydrogens is 360 g/mol. The van der Waals surface area contributed by atoms with Crippen LogP contribution in [-0.4, -0.2) is 0 Å². The van der Waals surface area contributed by atoms with Gasteiger partial charge >= 0.3 is 0 Å². The van der Waals surface area contributed by atoms with Crippen LogP contribution in [0.3, 0.4) is 0 Å². The number of rotatable bonds is 5. The van der Waals surface area contributed by atoms with Crippen molar-refractivity contribution in [3.63, 3.8) is 0 Å². The lowest BCUT2D eigenvalue weighted by Crippen LogP contribution is -2.22. The molecule has 0 heterocycles. The van der Waals surface area contributed by atoms with Gasteiger partial charge < -0.3 is 0 Å². The summed E-state index contributed by atoms with van der Waals surface area (Å²) in [5.41, 5.74) is 0. The summed E-state index contributed by atoms with van der Waals surface area (Å²) in [6.45, 7) is 0. The highest BCUT2D eigenvalue weighted by Gasteiger charge is 2.51. The first-order valence-electron chi connectivity index (χ1n) is 14.9. The molecule has 0 aromatic rings. The summed E-state index contributed by atoms with van der Waals surface area (Å²) < 4.78 is 0. The van der Waals surface area contributed by atoms with Crippen molar-refractivity contribution in [2.75, 3.05) is 0 Å². The maximum absolute atomic E-state index is 1.62. The lowest BCUT2D eigenvalue weighted by Gasteiger charge is -2.32. The third kappa shape index (κ3) is 3.63. The Labute approximate surface area is 187 Å². The lowest BCUT2D eigenvalue weighted by molar-refractivity contribution is 0.184. The van der Waals surface area contributed by atoms with Crippen LogP contribution >= 0.6 is 0 Å². The molecule has 0 bridgehead atoms. The Bertz CT molecular complexity index is 470. The fourth-order valence-corrected chi connectivity index (χ4v) is 11.3. The van der Waals surface area contributed by atoms with Crippen LogP contribution in [0.4, 0.5) is 0 Å². The fraction of sp³-hybridized carbons (Fsp3) is 1.00. The van der Waals surface area contributed by atoms with E-state index in [4.69, 9.17) is 0 Å². The van der Waals surface area contributed by atoms with Crippen LogP contribution in [0.25, 0.3) is 0 Å². The zero-order valence-corrected chi connectivity index (χ0v) is 19.9. The Balaban J connectivity index is 1.06. The van der Waals surface area contributed by atoms with Gasteiger partial charge in [0.05, 0.1) is 0 Å². The average Bonchev–Trinajstić information content (AvgIpc) is 3.30. The summed E-state index contributed by atoms with van der Waals surface area (Å²) in [5, 5.41) is 0. The first kappa shape index (κ1) is 20.6. The maximum Gasteiger partial charge on any atom is -0.0352 e. The Hall–Kier alpha value is 0. The zero-order chi connectivity index (χ0) is 19.9. The summed E-state index contributed by atoms with van der Waals surface area (Å²) in [6, 6.07) is 0. The lowest BCUT2D eigenvalue weighted by atomic mass is 9.73. The fourth-order valence-electron chi connectivity index (χ4n) is 11.3. The van der Waals surface area contributed by atoms with Gasteiger partial charge in [0, 0.05) is 0 Å². The third-order valence-electron chi connectivity index (χ3n) is 12.1. The molecule has 0 spiro atoms. The molecule has 0 aliphatic heterocycles. The van der Waals surface area contributed by atoms with Gasteiger partial charge in [-0.15, -0.1) is 0 Å². The second-order valence-electron chi connectivity index (χ2n) is 13.1. The molecule has 6 aliphatic carbocycles. The molecule has 0 amide bonds. The first-order chi connectivity index (χ1) is 14.9. The van der Waals surface area contributed by atoms with E-state index in [0.717, 1.165) is 59.2 Å². The Kier molecular flexibility index (Phi) is 6.24. The molecule has 6 rings (SSSR count). The van der Waals surface area contributed by atoms with Crippen molar-refractivity contribution < 1.29 is 0 Å². The smallest absolute Gasteiger partial charge is 0.0352 e. The Morgan fingerprint density at radius 2 is 0.533 bits per heavy atom. The minimum atomic E-state index is 1.15. The van der Waals surface area contributed by atoms with Gasteiger partial charge in [0.2, 0.25) is 0 Å². The second-order valence-corrected chi connectivity index (χ2v) is 13.1. The van der Waals surface area contributed by atoms with Gasteiger partial charge in [0.25, 0.3) is 0 Å². The van der Waals surface area contributed by atoms with Gasteiger partial charge in [-0.05, 0) is 123 Å². The molecule has 0 aromatic carbocycles. The minimum absolute atomic E-state index is 1.15. The van der Waals surface area contributed by atoms with Crippen LogP contribution in [0.2, 0.25) is 0 Å². The van der Waals surface area contributed by atoms with E-state index in [0.29, 0.717) is 0 Å². The normalized spacial score (nSPS) is 50.4. The molecule has 0 aromatic heterocycles. The number of fused-ring (bicyclic) bond motifs is 6. The van der Waals surface area contributed by atoms with Crippen LogP contribution in [0.5, 0.6) is 0 Å². The zero-order valence-electron chi connectivity index (χ0n) is 19.9. The minimum Gasteiger partial charge on any atom is -0.0530 e. The predicted octanol–water partition coefficient (Wildman–Crippen LogP) is 9.03. The van der Waals surface area contributed by atoms with E-state index in [9.17, 15) is 0 Å². The maximum atomic E-state index is 1.62. The van der Waals surface area contributed by atoms with E-state index in [1.54, 1.807) is 128 Å². The highest BCUT2D eigenvalue weighted by molar-refractivity contribution is 5.01. The summed E-state index contributed by atoms with van der Waals surface area (Å²) >= 11 is 0. The molecule has 170 valence electrons. The van der Waals surface area contributed by atoms with Gasteiger partial charge in [0.15, 0.2) is 0 Å². The molecule has 0 heteroatoms. The van der Waals surface area contributed by atoms with Crippen molar-refractivity contribution in [3.8, 4) is 0 Å². The molecule has 0 unspecified atom stereocenters. The molecule has 0 saturated heterocycles. The van der Waals surface area contributed by atoms with Crippen LogP contribution in [0.1, 0.15) is 128 Å². The van der Waals surface area contributed by atoms with Crippen molar-refractivity contribution in [2.24, 2.45) is 59.2 Å². The summed E-state index contributed by atoms with van der Waals surface area (Å²) in [5.74, 6) is 11.6. The predicted molar refractivity (Wildman–Crippen MR) is 127 cm³/mol. The first-order valence-corrected chi connectivity index (χ1v) is 14.9. The van der Waals surface area contributed by atoms with E-state index in [1.807, 2.05) is 0 Å². The van der Waals surface area contributed by atoms with Crippen LogP contribution in [0.15, 0.2) is 0 Å². The number of hydrogen-bond donors (Lipinski definition) is 0. The largest absolute Gasteiger partial charge is 0.0530 e. The van der Waals surface area contributed by atoms with Crippen molar-refractivity contribution in [1.29, 1.82) is 0 Å². The molecule has 0 radical (unpaired) electrons. The molecule has 0 N–H and O–H groups in total. The van der Waals surface area contributed by atoms with E-state index in [2.05, 4.69) is 0 Å². The quantitative estimate of drug-likeness (QED) is 0.396. The Morgan fingerprint density at radius 1 is 0.300 bits per heavy atom. The topological polar surface area (TPSA) is 0 Å². The molecule has 6 aliphatic rings. The van der Waals surface area contributed by atoms with E-state index in [-0.39, 0.29) is 0 Å². The molecule has 6 fully saturated rings. The highest BCUT2D eigenvalue weighted by atomic mass is 14.6. The van der Waals surface area contributed by atoms with E-state index in [1.165, 1.54) is 0 Å². The van der Waals surface area contributed by atoms with Gasteiger partial charge in [0.1, 0.15) is 0 Å². The SMILES string of the molecule is C(CCC1C2CCCCC2C2CCCCC12)CC1C2CCCCC2C2CCCCC12. The second kappa shape index (κ2) is 9.09. The van der Waals surface area contributed by atoms with Crippen molar-refractivity contribution in [2.45, 2.75) is 128 Å². The highest BCUT2D eigenvalue weighted by Crippen LogP contribution is 2.60. The average molecular weight is 411 g/mol. The van der Waals surface area contributed by atoms with Gasteiger partial charge in [-0.1, -0.05) is 64.2 Å². The number of unbranched alkanes of at least 4 members (excludes halogenated alkanes) is 1. The standard InChI is InChI=1S/C30H50/c1-5-15-25-21(11-1)22-12-2-6-16-26(22)29(25)19-9-10-20-30-27-17-7-3-13-23(27)24-14-4-8-18-28(24)30/h21-30H,1-20H2. The molecule has 0 atom stereocenters. The van der Waals surface area contributed by atoms with Crippen molar-refractivity contribution in [1.82, 2.24) is 0 Å². The third-order valence-corrected chi connectivity index (χ3v) is 12.1. The molecule has 30 heavy (non-hydrogen) atoms. The summed E-state index contributed by atoms with van der Waals surface area (Å²) in [6.07, 6.45) is 31.8. The summed E-state index contributed by atoms with van der Waals surface area (Å²) in [7, 11) is 0. The van der Waals surface area contributed by atoms with Crippen LogP contribution < -0.4 is 0 Å². The number of hydrogen-bond acceptors (Lipinski definition) is 0. The van der Waals surface area contributed by atoms with Crippen molar-refractivity contribution in [3.05, 3.63) is 0 Å². The van der Waals surface area contributed by atoms with Crippen LogP contribution in [0, 0.1) is 59.2 Å². The van der Waals surface area contributed by atoms with E-state index < -0.39 is 0 Å². The van der Waals surface area contributed by atoms with Gasteiger partial charge in [-0.25, -0.2) is 0 Å². The Morgan fingerprint density at radius 3 is 0.800 bits per heavy atom. The van der Waals surface area contributed by atoms with Gasteiger partial charge in [-0.2, -0.15) is 0 Å². The van der Waals surface area contributed by atoms with Gasteiger partial charge in [-0.3, -0.25) is 0 Å². The van der Waals surface area contributed by atoms with Crippen LogP contribution in [-0.2, 0) is 0 Å².